The Bertz CT molecular complexity index is 948. The fraction of sp³-hybridized carbons (Fsp3) is 0.0741. The maximum Gasteiger partial charge on any atom is 0.321 e. The van der Waals surface area contributed by atoms with Gasteiger partial charge in [-0.1, -0.05) is 109 Å². The fourth-order valence-corrected chi connectivity index (χ4v) is 5.42. The molecule has 0 saturated heterocycles. The Morgan fingerprint density at radius 1 is 0.613 bits per heavy atom. The predicted molar refractivity (Wildman–Crippen MR) is 134 cm³/mol. The molecule has 0 saturated carbocycles. The fourth-order valence-electron chi connectivity index (χ4n) is 3.11. The summed E-state index contributed by atoms with van der Waals surface area (Å²) in [4.78, 5) is 12.7. The topological polar surface area (TPSA) is 32.3 Å². The first-order valence-corrected chi connectivity index (χ1v) is 11.5. The Morgan fingerprint density at radius 2 is 0.935 bits per heavy atom. The smallest absolute Gasteiger partial charge is 0.321 e. The first-order chi connectivity index (χ1) is 15.2. The molecule has 0 aliphatic rings. The molecule has 4 aromatic rings. The number of amides is 2. The zero-order valence-electron chi connectivity index (χ0n) is 17.8. The van der Waals surface area contributed by atoms with E-state index in [2.05, 4.69) is 96.3 Å². The van der Waals surface area contributed by atoms with Crippen LogP contribution in [0.25, 0.3) is 0 Å². The Balaban J connectivity index is 0.000000196. The number of para-hydroxylation sites is 1. The molecule has 4 heteroatoms. The molecule has 0 spiro atoms. The number of urea groups is 1. The highest BCUT2D eigenvalue weighted by molar-refractivity contribution is 7.79. The Kier molecular flexibility index (Phi) is 8.39. The molecule has 0 aliphatic carbocycles. The summed E-state index contributed by atoms with van der Waals surface area (Å²) in [6, 6.07) is 41.7. The van der Waals surface area contributed by atoms with Gasteiger partial charge in [0.05, 0.1) is 0 Å². The normalized spacial score (nSPS) is 10.0. The molecule has 31 heavy (non-hydrogen) atoms. The number of benzene rings is 4. The van der Waals surface area contributed by atoms with E-state index in [0.717, 1.165) is 5.69 Å². The van der Waals surface area contributed by atoms with Crippen molar-refractivity contribution in [3.63, 3.8) is 0 Å². The lowest BCUT2D eigenvalue weighted by atomic mass is 10.3. The summed E-state index contributed by atoms with van der Waals surface area (Å²) in [6.07, 6.45) is 0. The van der Waals surface area contributed by atoms with Crippen LogP contribution in [0.2, 0.25) is 0 Å². The minimum absolute atomic E-state index is 0.110. The number of anilines is 1. The van der Waals surface area contributed by atoms with Crippen molar-refractivity contribution >= 4 is 35.6 Å². The van der Waals surface area contributed by atoms with Gasteiger partial charge in [0.25, 0.3) is 0 Å². The van der Waals surface area contributed by atoms with E-state index in [1.54, 1.807) is 19.0 Å². The van der Waals surface area contributed by atoms with E-state index in [4.69, 9.17) is 0 Å². The molecule has 0 fully saturated rings. The van der Waals surface area contributed by atoms with Crippen LogP contribution in [0, 0.1) is 0 Å². The average Bonchev–Trinajstić information content (AvgIpc) is 2.86. The second-order valence-electron chi connectivity index (χ2n) is 6.79. The van der Waals surface area contributed by atoms with Crippen molar-refractivity contribution < 1.29 is 4.79 Å². The summed E-state index contributed by atoms with van der Waals surface area (Å²) < 4.78 is 0. The van der Waals surface area contributed by atoms with E-state index in [1.807, 2.05) is 30.3 Å². The zero-order chi connectivity index (χ0) is 21.9. The minimum atomic E-state index is -0.446. The monoisotopic (exact) mass is 426 g/mol. The van der Waals surface area contributed by atoms with Crippen LogP contribution in [0.4, 0.5) is 10.5 Å². The Labute approximate surface area is 186 Å². The van der Waals surface area contributed by atoms with Gasteiger partial charge in [0.15, 0.2) is 0 Å². The largest absolute Gasteiger partial charge is 0.341 e. The lowest BCUT2D eigenvalue weighted by Gasteiger charge is -2.18. The van der Waals surface area contributed by atoms with Crippen molar-refractivity contribution in [3.8, 4) is 0 Å². The van der Waals surface area contributed by atoms with Crippen LogP contribution in [0.15, 0.2) is 121 Å². The van der Waals surface area contributed by atoms with Crippen molar-refractivity contribution in [2.24, 2.45) is 0 Å². The van der Waals surface area contributed by atoms with E-state index in [9.17, 15) is 4.79 Å². The number of nitrogens with one attached hydrogen (secondary N) is 1. The van der Waals surface area contributed by atoms with Crippen LogP contribution >= 0.6 is 7.92 Å². The van der Waals surface area contributed by atoms with Crippen LogP contribution in [0.1, 0.15) is 0 Å². The predicted octanol–water partition coefficient (Wildman–Crippen LogP) is 4.91. The maximum atomic E-state index is 11.1. The molecule has 4 rings (SSSR count). The zero-order valence-corrected chi connectivity index (χ0v) is 18.7. The Hall–Kier alpha value is -3.42. The van der Waals surface area contributed by atoms with Gasteiger partial charge in [0, 0.05) is 19.8 Å². The number of carbonyl (C=O) groups excluding carboxylic acids is 1. The molecule has 0 aliphatic heterocycles. The van der Waals surface area contributed by atoms with Crippen molar-refractivity contribution in [2.45, 2.75) is 0 Å². The summed E-state index contributed by atoms with van der Waals surface area (Å²) in [5.41, 5.74) is 0.886. The van der Waals surface area contributed by atoms with Crippen LogP contribution in [0.3, 0.4) is 0 Å². The summed E-state index contributed by atoms with van der Waals surface area (Å²) in [7, 11) is 2.90. The molecular formula is C27H27N2OP. The standard InChI is InChI=1S/C18H15P.C9H12N2O/c1-4-10-16(11-5-1)19(17-12-6-2-7-13-17)18-14-8-3-9-15-18;1-10-9(12)11(2)8-6-4-3-5-7-8/h1-15H;3-7H,1-2H3,(H,10,12). The van der Waals surface area contributed by atoms with Crippen LogP contribution < -0.4 is 26.1 Å². The summed E-state index contributed by atoms with van der Waals surface area (Å²) in [5.74, 6) is 0. The molecule has 3 nitrogen and oxygen atoms in total. The Morgan fingerprint density at radius 3 is 1.26 bits per heavy atom. The first-order valence-electron chi connectivity index (χ1n) is 10.2. The number of rotatable bonds is 4. The highest BCUT2D eigenvalue weighted by atomic mass is 31.1. The van der Waals surface area contributed by atoms with Crippen molar-refractivity contribution in [1.29, 1.82) is 0 Å². The highest BCUT2D eigenvalue weighted by Crippen LogP contribution is 2.32. The van der Waals surface area contributed by atoms with Crippen molar-refractivity contribution in [2.75, 3.05) is 19.0 Å². The van der Waals surface area contributed by atoms with Gasteiger partial charge in [-0.15, -0.1) is 0 Å². The molecule has 0 unspecified atom stereocenters. The van der Waals surface area contributed by atoms with Gasteiger partial charge in [0.2, 0.25) is 0 Å². The molecular weight excluding hydrogens is 399 g/mol. The van der Waals surface area contributed by atoms with Crippen molar-refractivity contribution in [1.82, 2.24) is 5.32 Å². The average molecular weight is 427 g/mol. The summed E-state index contributed by atoms with van der Waals surface area (Å²) >= 11 is 0. The van der Waals surface area contributed by atoms with Crippen molar-refractivity contribution in [3.05, 3.63) is 121 Å². The number of hydrogen-bond donors (Lipinski definition) is 1. The number of nitrogens with zero attached hydrogens (tertiary/aromatic N) is 1. The molecule has 0 atom stereocenters. The summed E-state index contributed by atoms with van der Waals surface area (Å²) in [5, 5.41) is 6.74. The van der Waals surface area contributed by atoms with E-state index < -0.39 is 7.92 Å². The van der Waals surface area contributed by atoms with Gasteiger partial charge in [-0.3, -0.25) is 4.90 Å². The second kappa shape index (κ2) is 11.7. The molecule has 2 amide bonds. The van der Waals surface area contributed by atoms with Crippen LogP contribution in [-0.2, 0) is 0 Å². The first kappa shape index (κ1) is 22.3. The van der Waals surface area contributed by atoms with E-state index in [0.29, 0.717) is 0 Å². The van der Waals surface area contributed by atoms with Crippen LogP contribution in [-0.4, -0.2) is 20.1 Å². The van der Waals surface area contributed by atoms with Gasteiger partial charge in [0.1, 0.15) is 0 Å². The second-order valence-corrected chi connectivity index (χ2v) is 9.01. The molecule has 156 valence electrons. The van der Waals surface area contributed by atoms with Gasteiger partial charge < -0.3 is 5.32 Å². The third kappa shape index (κ3) is 6.28. The number of carbonyl (C=O) groups is 1. The van der Waals surface area contributed by atoms with Gasteiger partial charge in [-0.2, -0.15) is 0 Å². The van der Waals surface area contributed by atoms with Gasteiger partial charge in [-0.25, -0.2) is 4.79 Å². The summed E-state index contributed by atoms with van der Waals surface area (Å²) in [6.45, 7) is 0. The highest BCUT2D eigenvalue weighted by Gasteiger charge is 2.15. The number of hydrogen-bond acceptors (Lipinski definition) is 1. The van der Waals surface area contributed by atoms with Crippen LogP contribution in [0.5, 0.6) is 0 Å². The van der Waals surface area contributed by atoms with E-state index >= 15 is 0 Å². The SMILES string of the molecule is CNC(=O)N(C)c1ccccc1.c1ccc(P(c2ccccc2)c2ccccc2)cc1. The molecule has 0 heterocycles. The molecule has 4 aromatic carbocycles. The lowest BCUT2D eigenvalue weighted by Crippen LogP contribution is -2.34. The quantitative estimate of drug-likeness (QED) is 0.462. The molecule has 0 aromatic heterocycles. The minimum Gasteiger partial charge on any atom is -0.341 e. The lowest BCUT2D eigenvalue weighted by molar-refractivity contribution is 0.249. The van der Waals surface area contributed by atoms with E-state index in [-0.39, 0.29) is 6.03 Å². The third-order valence-electron chi connectivity index (χ3n) is 4.71. The van der Waals surface area contributed by atoms with E-state index in [1.165, 1.54) is 15.9 Å². The molecule has 0 bridgehead atoms. The third-order valence-corrected chi connectivity index (χ3v) is 7.15. The molecule has 0 radical (unpaired) electrons. The maximum absolute atomic E-state index is 11.1. The van der Waals surface area contributed by atoms with Gasteiger partial charge >= 0.3 is 6.03 Å². The molecule has 1 N–H and O–H groups in total. The van der Waals surface area contributed by atoms with Gasteiger partial charge in [-0.05, 0) is 36.0 Å².